The molecule has 1 atom stereocenters. The third-order valence-electron chi connectivity index (χ3n) is 3.05. The SMILES string of the molecule is Cc1cccc(C2CN(S(C)(=O)=O)CCN2)c1. The molecule has 1 N–H and O–H groups in total. The summed E-state index contributed by atoms with van der Waals surface area (Å²) in [5.41, 5.74) is 2.35. The number of piperazine rings is 1. The van der Waals surface area contributed by atoms with Gasteiger partial charge in [0.05, 0.1) is 6.26 Å². The molecule has 1 saturated heterocycles. The highest BCUT2D eigenvalue weighted by Crippen LogP contribution is 2.19. The molecule has 0 radical (unpaired) electrons. The van der Waals surface area contributed by atoms with Gasteiger partial charge in [-0.1, -0.05) is 29.8 Å². The maximum Gasteiger partial charge on any atom is 0.211 e. The number of hydrogen-bond donors (Lipinski definition) is 1. The van der Waals surface area contributed by atoms with E-state index in [4.69, 9.17) is 0 Å². The first-order valence-electron chi connectivity index (χ1n) is 5.72. The van der Waals surface area contributed by atoms with Crippen molar-refractivity contribution in [2.45, 2.75) is 13.0 Å². The number of nitrogens with one attached hydrogen (secondary N) is 1. The molecule has 0 aromatic heterocycles. The fraction of sp³-hybridized carbons (Fsp3) is 0.500. The normalized spacial score (nSPS) is 22.6. The monoisotopic (exact) mass is 254 g/mol. The van der Waals surface area contributed by atoms with Crippen LogP contribution in [0.3, 0.4) is 0 Å². The molecule has 0 saturated carbocycles. The van der Waals surface area contributed by atoms with Crippen molar-refractivity contribution in [2.75, 3.05) is 25.9 Å². The van der Waals surface area contributed by atoms with Crippen LogP contribution in [0.5, 0.6) is 0 Å². The zero-order valence-corrected chi connectivity index (χ0v) is 11.0. The standard InChI is InChI=1S/C12H18N2O2S/c1-10-4-3-5-11(8-10)12-9-14(7-6-13-12)17(2,15)16/h3-5,8,12-13H,6-7,9H2,1-2H3. The minimum absolute atomic E-state index is 0.0957. The van der Waals surface area contributed by atoms with Gasteiger partial charge in [0.2, 0.25) is 10.0 Å². The highest BCUT2D eigenvalue weighted by molar-refractivity contribution is 7.88. The summed E-state index contributed by atoms with van der Waals surface area (Å²) in [6, 6.07) is 8.28. The van der Waals surface area contributed by atoms with E-state index in [1.165, 1.54) is 16.1 Å². The van der Waals surface area contributed by atoms with E-state index in [-0.39, 0.29) is 6.04 Å². The first-order valence-corrected chi connectivity index (χ1v) is 7.57. The lowest BCUT2D eigenvalue weighted by Crippen LogP contribution is -2.47. The third-order valence-corrected chi connectivity index (χ3v) is 4.32. The maximum absolute atomic E-state index is 11.5. The van der Waals surface area contributed by atoms with Crippen LogP contribution < -0.4 is 5.32 Å². The van der Waals surface area contributed by atoms with Crippen molar-refractivity contribution in [2.24, 2.45) is 0 Å². The first-order chi connectivity index (χ1) is 7.97. The van der Waals surface area contributed by atoms with Gasteiger partial charge in [0.1, 0.15) is 0 Å². The van der Waals surface area contributed by atoms with Crippen LogP contribution in [-0.4, -0.2) is 38.6 Å². The van der Waals surface area contributed by atoms with Gasteiger partial charge in [-0.25, -0.2) is 8.42 Å². The molecule has 1 fully saturated rings. The van der Waals surface area contributed by atoms with Crippen molar-refractivity contribution in [3.05, 3.63) is 35.4 Å². The van der Waals surface area contributed by atoms with Gasteiger partial charge in [-0.05, 0) is 12.5 Å². The van der Waals surface area contributed by atoms with E-state index in [0.29, 0.717) is 19.6 Å². The summed E-state index contributed by atoms with van der Waals surface area (Å²) in [7, 11) is -3.08. The molecular weight excluding hydrogens is 236 g/mol. The van der Waals surface area contributed by atoms with Gasteiger partial charge < -0.3 is 5.32 Å². The van der Waals surface area contributed by atoms with E-state index in [0.717, 1.165) is 5.56 Å². The number of sulfonamides is 1. The Morgan fingerprint density at radius 2 is 2.18 bits per heavy atom. The Morgan fingerprint density at radius 3 is 2.82 bits per heavy atom. The molecule has 17 heavy (non-hydrogen) atoms. The summed E-state index contributed by atoms with van der Waals surface area (Å²) in [4.78, 5) is 0. The lowest BCUT2D eigenvalue weighted by molar-refractivity contribution is 0.303. The quantitative estimate of drug-likeness (QED) is 0.853. The molecule has 94 valence electrons. The molecule has 0 amide bonds. The van der Waals surface area contributed by atoms with Gasteiger partial charge in [-0.2, -0.15) is 4.31 Å². The van der Waals surface area contributed by atoms with E-state index in [2.05, 4.69) is 11.4 Å². The second kappa shape index (κ2) is 4.76. The van der Waals surface area contributed by atoms with Gasteiger partial charge in [-0.15, -0.1) is 0 Å². The third kappa shape index (κ3) is 3.06. The molecule has 0 aliphatic carbocycles. The van der Waals surface area contributed by atoms with Gasteiger partial charge in [0.25, 0.3) is 0 Å². The van der Waals surface area contributed by atoms with Crippen LogP contribution in [0.1, 0.15) is 17.2 Å². The number of rotatable bonds is 2. The second-order valence-corrected chi connectivity index (χ2v) is 6.52. The van der Waals surface area contributed by atoms with Crippen molar-refractivity contribution >= 4 is 10.0 Å². The molecule has 5 heteroatoms. The molecule has 0 bridgehead atoms. The van der Waals surface area contributed by atoms with Crippen LogP contribution >= 0.6 is 0 Å². The van der Waals surface area contributed by atoms with Crippen LogP contribution in [0, 0.1) is 6.92 Å². The molecular formula is C12H18N2O2S. The van der Waals surface area contributed by atoms with Crippen LogP contribution in [-0.2, 0) is 10.0 Å². The number of benzene rings is 1. The minimum Gasteiger partial charge on any atom is -0.308 e. The summed E-state index contributed by atoms with van der Waals surface area (Å²) >= 11 is 0. The maximum atomic E-state index is 11.5. The highest BCUT2D eigenvalue weighted by Gasteiger charge is 2.26. The first kappa shape index (κ1) is 12.5. The van der Waals surface area contributed by atoms with Gasteiger partial charge >= 0.3 is 0 Å². The lowest BCUT2D eigenvalue weighted by atomic mass is 10.0. The zero-order valence-electron chi connectivity index (χ0n) is 10.2. The highest BCUT2D eigenvalue weighted by atomic mass is 32.2. The van der Waals surface area contributed by atoms with Gasteiger partial charge in [0.15, 0.2) is 0 Å². The number of aryl methyl sites for hydroxylation is 1. The Kier molecular flexibility index (Phi) is 3.51. The van der Waals surface area contributed by atoms with Crippen molar-refractivity contribution in [3.63, 3.8) is 0 Å². The van der Waals surface area contributed by atoms with E-state index in [1.807, 2.05) is 25.1 Å². The van der Waals surface area contributed by atoms with Crippen LogP contribution in [0.2, 0.25) is 0 Å². The van der Waals surface area contributed by atoms with Gasteiger partial charge in [-0.3, -0.25) is 0 Å². The predicted octanol–water partition coefficient (Wildman–Crippen LogP) is 0.901. The van der Waals surface area contributed by atoms with E-state index in [9.17, 15) is 8.42 Å². The molecule has 1 heterocycles. The minimum atomic E-state index is -3.08. The summed E-state index contributed by atoms with van der Waals surface area (Å²) in [6.45, 7) is 3.82. The summed E-state index contributed by atoms with van der Waals surface area (Å²) in [5.74, 6) is 0. The topological polar surface area (TPSA) is 49.4 Å². The Morgan fingerprint density at radius 1 is 1.41 bits per heavy atom. The Balaban J connectivity index is 2.18. The molecule has 4 nitrogen and oxygen atoms in total. The molecule has 2 rings (SSSR count). The Bertz CT molecular complexity index is 499. The molecule has 1 aliphatic rings. The molecule has 1 aromatic rings. The Hall–Kier alpha value is -0.910. The summed E-state index contributed by atoms with van der Waals surface area (Å²) in [6.07, 6.45) is 1.27. The zero-order chi connectivity index (χ0) is 12.5. The smallest absolute Gasteiger partial charge is 0.211 e. The molecule has 1 aliphatic heterocycles. The van der Waals surface area contributed by atoms with Crippen LogP contribution in [0.15, 0.2) is 24.3 Å². The molecule has 0 spiro atoms. The van der Waals surface area contributed by atoms with Crippen LogP contribution in [0.4, 0.5) is 0 Å². The van der Waals surface area contributed by atoms with Gasteiger partial charge in [0, 0.05) is 25.7 Å². The lowest BCUT2D eigenvalue weighted by Gasteiger charge is -2.32. The summed E-state index contributed by atoms with van der Waals surface area (Å²) < 4.78 is 24.6. The Labute approximate surface area is 103 Å². The molecule has 1 unspecified atom stereocenters. The summed E-state index contributed by atoms with van der Waals surface area (Å²) in [5, 5.41) is 3.36. The van der Waals surface area contributed by atoms with E-state index < -0.39 is 10.0 Å². The average Bonchev–Trinajstić information content (AvgIpc) is 2.28. The van der Waals surface area contributed by atoms with Crippen molar-refractivity contribution in [1.82, 2.24) is 9.62 Å². The fourth-order valence-electron chi connectivity index (χ4n) is 2.13. The second-order valence-electron chi connectivity index (χ2n) is 4.54. The van der Waals surface area contributed by atoms with E-state index >= 15 is 0 Å². The predicted molar refractivity (Wildman–Crippen MR) is 68.3 cm³/mol. The van der Waals surface area contributed by atoms with Crippen molar-refractivity contribution in [1.29, 1.82) is 0 Å². The van der Waals surface area contributed by atoms with Crippen molar-refractivity contribution in [3.8, 4) is 0 Å². The van der Waals surface area contributed by atoms with Crippen molar-refractivity contribution < 1.29 is 8.42 Å². The number of hydrogen-bond acceptors (Lipinski definition) is 3. The van der Waals surface area contributed by atoms with E-state index in [1.54, 1.807) is 0 Å². The molecule has 1 aromatic carbocycles. The largest absolute Gasteiger partial charge is 0.308 e. The number of nitrogens with zero attached hydrogens (tertiary/aromatic N) is 1. The average molecular weight is 254 g/mol. The fourth-order valence-corrected chi connectivity index (χ4v) is 2.98. The van der Waals surface area contributed by atoms with Crippen LogP contribution in [0.25, 0.3) is 0 Å².